The molecule has 4 rings (SSSR count). The van der Waals surface area contributed by atoms with Gasteiger partial charge in [0.15, 0.2) is 0 Å². The molecule has 0 spiro atoms. The number of aromatic nitrogens is 1. The maximum atomic E-state index is 12.4. The minimum atomic E-state index is -0.338. The fraction of sp³-hybridized carbons (Fsp3) is 0.150. The van der Waals surface area contributed by atoms with Gasteiger partial charge in [-0.15, -0.1) is 11.3 Å². The van der Waals surface area contributed by atoms with Crippen molar-refractivity contribution in [3.05, 3.63) is 64.0 Å². The normalized spacial score (nSPS) is 15.1. The van der Waals surface area contributed by atoms with Gasteiger partial charge in [-0.2, -0.15) is 5.26 Å². The number of rotatable bonds is 3. The summed E-state index contributed by atoms with van der Waals surface area (Å²) >= 11 is 7.59. The highest BCUT2D eigenvalue weighted by molar-refractivity contribution is 7.13. The molecule has 8 heteroatoms. The van der Waals surface area contributed by atoms with Gasteiger partial charge in [0.05, 0.1) is 29.3 Å². The molecule has 2 aromatic carbocycles. The Bertz CT molecular complexity index is 1060. The molecule has 0 fully saturated rings. The van der Waals surface area contributed by atoms with E-state index in [9.17, 15) is 4.79 Å². The number of hydrogen-bond acceptors (Lipinski definition) is 5. The fourth-order valence-electron chi connectivity index (χ4n) is 3.00. The van der Waals surface area contributed by atoms with Gasteiger partial charge in [0.25, 0.3) is 0 Å². The summed E-state index contributed by atoms with van der Waals surface area (Å²) in [7, 11) is 0. The zero-order valence-corrected chi connectivity index (χ0v) is 16.2. The van der Waals surface area contributed by atoms with E-state index in [1.807, 2.05) is 24.3 Å². The lowest BCUT2D eigenvalue weighted by Crippen LogP contribution is -2.35. The molecule has 0 saturated heterocycles. The number of ether oxygens (including phenoxy) is 1. The number of carbonyl (C=O) groups is 1. The number of nitrogens with one attached hydrogen (secondary N) is 2. The van der Waals surface area contributed by atoms with E-state index < -0.39 is 0 Å². The molecule has 6 nitrogen and oxygen atoms in total. The second-order valence-electron chi connectivity index (χ2n) is 6.17. The van der Waals surface area contributed by atoms with Crippen LogP contribution in [0.25, 0.3) is 10.6 Å². The first-order valence-electron chi connectivity index (χ1n) is 8.59. The highest BCUT2D eigenvalue weighted by Crippen LogP contribution is 2.37. The summed E-state index contributed by atoms with van der Waals surface area (Å²) in [6.45, 7) is 0.487. The Morgan fingerprint density at radius 2 is 2.11 bits per heavy atom. The molecule has 0 bridgehead atoms. The van der Waals surface area contributed by atoms with Crippen molar-refractivity contribution < 1.29 is 9.53 Å². The van der Waals surface area contributed by atoms with Gasteiger partial charge in [-0.05, 0) is 18.2 Å². The van der Waals surface area contributed by atoms with Crippen LogP contribution in [0, 0.1) is 11.3 Å². The van der Waals surface area contributed by atoms with E-state index in [2.05, 4.69) is 21.7 Å². The molecule has 1 aromatic heterocycles. The van der Waals surface area contributed by atoms with Crippen LogP contribution >= 0.6 is 22.9 Å². The Labute approximate surface area is 170 Å². The molecule has 2 N–H and O–H groups in total. The number of carbonyl (C=O) groups excluding carboxylic acids is 1. The standard InChI is InChI=1S/C20H15ClN4O2S/c21-15-3-1-2-14-16(8-9-27-18(14)15)23-20(26)25-17-11-28-19(24-17)13-6-4-12(10-22)5-7-13/h1-7,11,16H,8-9H2,(H2,23,25,26)/t16-/m0/s1. The Morgan fingerprint density at radius 3 is 2.89 bits per heavy atom. The lowest BCUT2D eigenvalue weighted by molar-refractivity contribution is 0.232. The van der Waals surface area contributed by atoms with Gasteiger partial charge in [0.1, 0.15) is 16.6 Å². The number of halogens is 1. The number of amides is 2. The van der Waals surface area contributed by atoms with Crippen LogP contribution in [0.3, 0.4) is 0 Å². The number of fused-ring (bicyclic) bond motifs is 1. The zero-order valence-electron chi connectivity index (χ0n) is 14.6. The maximum Gasteiger partial charge on any atom is 0.320 e. The molecule has 1 aliphatic heterocycles. The molecule has 0 unspecified atom stereocenters. The SMILES string of the molecule is N#Cc1ccc(-c2nc(NC(=O)N[C@H]3CCOc4c(Cl)cccc43)cs2)cc1. The van der Waals surface area contributed by atoms with Crippen LogP contribution < -0.4 is 15.4 Å². The van der Waals surface area contributed by atoms with Gasteiger partial charge in [0, 0.05) is 22.9 Å². The van der Waals surface area contributed by atoms with Crippen LogP contribution in [0.5, 0.6) is 5.75 Å². The molecular formula is C20H15ClN4O2S. The Hall–Kier alpha value is -3.08. The highest BCUT2D eigenvalue weighted by Gasteiger charge is 2.24. The van der Waals surface area contributed by atoms with Crippen LogP contribution in [0.1, 0.15) is 23.6 Å². The zero-order chi connectivity index (χ0) is 19.5. The lowest BCUT2D eigenvalue weighted by atomic mass is 10.0. The van der Waals surface area contributed by atoms with E-state index in [0.29, 0.717) is 35.2 Å². The van der Waals surface area contributed by atoms with Crippen molar-refractivity contribution in [2.75, 3.05) is 11.9 Å². The average Bonchev–Trinajstić information content (AvgIpc) is 3.17. The lowest BCUT2D eigenvalue weighted by Gasteiger charge is -2.27. The summed E-state index contributed by atoms with van der Waals surface area (Å²) in [5.74, 6) is 1.10. The summed E-state index contributed by atoms with van der Waals surface area (Å²) in [5, 5.41) is 17.7. The molecule has 2 amide bonds. The summed E-state index contributed by atoms with van der Waals surface area (Å²) in [6.07, 6.45) is 0.661. The Balaban J connectivity index is 1.43. The first kappa shape index (κ1) is 18.3. The molecule has 3 aromatic rings. The van der Waals surface area contributed by atoms with E-state index in [1.54, 1.807) is 23.6 Å². The van der Waals surface area contributed by atoms with Crippen molar-refractivity contribution in [2.24, 2.45) is 0 Å². The molecule has 140 valence electrons. The number of para-hydroxylation sites is 1. The molecular weight excluding hydrogens is 396 g/mol. The first-order chi connectivity index (χ1) is 13.6. The topological polar surface area (TPSA) is 87.0 Å². The van der Waals surface area contributed by atoms with Crippen LogP contribution in [0.15, 0.2) is 47.8 Å². The third-order valence-electron chi connectivity index (χ3n) is 4.34. The molecule has 1 aliphatic rings. The summed E-state index contributed by atoms with van der Waals surface area (Å²) in [6, 6.07) is 14.2. The van der Waals surface area contributed by atoms with E-state index in [0.717, 1.165) is 16.1 Å². The predicted molar refractivity (Wildman–Crippen MR) is 109 cm³/mol. The molecule has 28 heavy (non-hydrogen) atoms. The van der Waals surface area contributed by atoms with Crippen molar-refractivity contribution in [1.29, 1.82) is 5.26 Å². The molecule has 0 saturated carbocycles. The van der Waals surface area contributed by atoms with E-state index in [1.165, 1.54) is 11.3 Å². The molecule has 2 heterocycles. The van der Waals surface area contributed by atoms with Crippen LogP contribution in [-0.4, -0.2) is 17.6 Å². The van der Waals surface area contributed by atoms with Crippen LogP contribution in [-0.2, 0) is 0 Å². The Kier molecular flexibility index (Phi) is 5.15. The van der Waals surface area contributed by atoms with E-state index >= 15 is 0 Å². The van der Waals surface area contributed by atoms with Crippen molar-refractivity contribution in [3.8, 4) is 22.4 Å². The number of urea groups is 1. The second kappa shape index (κ2) is 7.89. The highest BCUT2D eigenvalue weighted by atomic mass is 35.5. The van der Waals surface area contributed by atoms with Crippen molar-refractivity contribution >= 4 is 34.8 Å². The first-order valence-corrected chi connectivity index (χ1v) is 9.84. The quantitative estimate of drug-likeness (QED) is 0.637. The summed E-state index contributed by atoms with van der Waals surface area (Å²) in [4.78, 5) is 16.9. The number of nitriles is 1. The average molecular weight is 411 g/mol. The van der Waals surface area contributed by atoms with Crippen molar-refractivity contribution in [3.63, 3.8) is 0 Å². The monoisotopic (exact) mass is 410 g/mol. The van der Waals surface area contributed by atoms with Crippen molar-refractivity contribution in [2.45, 2.75) is 12.5 Å². The number of nitrogens with zero attached hydrogens (tertiary/aromatic N) is 2. The number of anilines is 1. The van der Waals surface area contributed by atoms with Crippen molar-refractivity contribution in [1.82, 2.24) is 10.3 Å². The van der Waals surface area contributed by atoms with Gasteiger partial charge in [0.2, 0.25) is 0 Å². The van der Waals surface area contributed by atoms with E-state index in [-0.39, 0.29) is 12.1 Å². The molecule has 0 aliphatic carbocycles. The minimum absolute atomic E-state index is 0.181. The molecule has 0 radical (unpaired) electrons. The minimum Gasteiger partial charge on any atom is -0.492 e. The number of thiazole rings is 1. The smallest absolute Gasteiger partial charge is 0.320 e. The van der Waals surface area contributed by atoms with E-state index in [4.69, 9.17) is 21.6 Å². The predicted octanol–water partition coefficient (Wildman–Crippen LogP) is 4.98. The maximum absolute atomic E-state index is 12.4. The Morgan fingerprint density at radius 1 is 1.29 bits per heavy atom. The second-order valence-corrected chi connectivity index (χ2v) is 7.44. The number of benzene rings is 2. The van der Waals surface area contributed by atoms with Crippen LogP contribution in [0.2, 0.25) is 5.02 Å². The van der Waals surface area contributed by atoms with Gasteiger partial charge < -0.3 is 10.1 Å². The largest absolute Gasteiger partial charge is 0.492 e. The third-order valence-corrected chi connectivity index (χ3v) is 5.53. The third kappa shape index (κ3) is 3.79. The molecule has 1 atom stereocenters. The van der Waals surface area contributed by atoms with Crippen LogP contribution in [0.4, 0.5) is 10.6 Å². The number of hydrogen-bond donors (Lipinski definition) is 2. The summed E-state index contributed by atoms with van der Waals surface area (Å²) in [5.41, 5.74) is 2.35. The van der Waals surface area contributed by atoms with Gasteiger partial charge in [-0.3, -0.25) is 5.32 Å². The summed E-state index contributed by atoms with van der Waals surface area (Å²) < 4.78 is 5.62. The van der Waals surface area contributed by atoms with Gasteiger partial charge in [-0.1, -0.05) is 35.9 Å². The fourth-order valence-corrected chi connectivity index (χ4v) is 3.99. The van der Waals surface area contributed by atoms with Gasteiger partial charge >= 0.3 is 6.03 Å². The van der Waals surface area contributed by atoms with Gasteiger partial charge in [-0.25, -0.2) is 9.78 Å².